The molecule has 11 aromatic carbocycles. The zero-order valence-corrected chi connectivity index (χ0v) is 37.4. The number of benzene rings is 11. The van der Waals surface area contributed by atoms with E-state index in [1.54, 1.807) is 0 Å². The summed E-state index contributed by atoms with van der Waals surface area (Å²) in [5.41, 5.74) is 18.9. The van der Waals surface area contributed by atoms with Gasteiger partial charge in [0.2, 0.25) is 0 Å². The fraction of sp³-hybridized carbons (Fsp3) is 0.0303. The molecular formula is C66H41NO2. The van der Waals surface area contributed by atoms with Gasteiger partial charge in [0, 0.05) is 39.0 Å². The largest absolute Gasteiger partial charge is 0.457 e. The first-order valence-corrected chi connectivity index (χ1v) is 23.8. The summed E-state index contributed by atoms with van der Waals surface area (Å²) in [5, 5.41) is 2.38. The van der Waals surface area contributed by atoms with Gasteiger partial charge in [-0.05, 0) is 116 Å². The zero-order chi connectivity index (χ0) is 45.3. The molecule has 0 fully saturated rings. The molecule has 0 aromatic heterocycles. The molecule has 0 saturated heterocycles. The standard InChI is InChI=1S/C66H41NO2/c1-2-17-42(18-3-1)43-33-36-45(37-34-43)67(46-38-39-48-47-20-4-6-22-50(47)66(57(48)41-46)54-26-10-14-31-61(54)69-62-32-15-11-27-55(62)66)58-28-16-19-44-35-40-56-64(63(44)58)49-21-5-7-23-51(49)65(56)52-24-8-12-29-59(52)68-60-30-13-9-25-53(60)65/h1-41H. The second kappa shape index (κ2) is 14.3. The Kier molecular flexibility index (Phi) is 7.92. The second-order valence-electron chi connectivity index (χ2n) is 18.6. The van der Waals surface area contributed by atoms with E-state index in [-0.39, 0.29) is 0 Å². The van der Waals surface area contributed by atoms with Crippen molar-refractivity contribution >= 4 is 27.8 Å². The number of nitrogens with zero attached hydrogens (tertiary/aromatic N) is 1. The maximum atomic E-state index is 6.75. The van der Waals surface area contributed by atoms with Crippen LogP contribution in [0, 0.1) is 0 Å². The summed E-state index contributed by atoms with van der Waals surface area (Å²) in [5.74, 6) is 3.53. The molecule has 4 aliphatic rings. The van der Waals surface area contributed by atoms with Gasteiger partial charge in [-0.25, -0.2) is 0 Å². The van der Waals surface area contributed by atoms with Crippen molar-refractivity contribution in [3.63, 3.8) is 0 Å². The van der Waals surface area contributed by atoms with Gasteiger partial charge in [0.1, 0.15) is 23.0 Å². The SMILES string of the molecule is c1ccc(-c2ccc(N(c3ccc4c(c3)C3(c5ccccc5Oc5ccccc53)c3ccccc3-4)c3cccc4ccc5c(c34)-c3ccccc3C53c4ccccc4Oc4ccccc43)cc2)cc1. The Morgan fingerprint density at radius 1 is 0.290 bits per heavy atom. The summed E-state index contributed by atoms with van der Waals surface area (Å²) in [6, 6.07) is 91.0. The highest BCUT2D eigenvalue weighted by Gasteiger charge is 2.53. The number of para-hydroxylation sites is 4. The minimum absolute atomic E-state index is 0.601. The number of anilines is 3. The van der Waals surface area contributed by atoms with Gasteiger partial charge >= 0.3 is 0 Å². The fourth-order valence-electron chi connectivity index (χ4n) is 12.7. The molecule has 0 radical (unpaired) electrons. The summed E-state index contributed by atoms with van der Waals surface area (Å²) in [7, 11) is 0. The van der Waals surface area contributed by atoms with Crippen LogP contribution in [0.2, 0.25) is 0 Å². The Hall–Kier alpha value is -8.92. The number of fused-ring (bicyclic) bond motifs is 20. The van der Waals surface area contributed by atoms with E-state index in [1.807, 2.05) is 0 Å². The van der Waals surface area contributed by atoms with Gasteiger partial charge in [0.05, 0.1) is 16.5 Å². The maximum absolute atomic E-state index is 6.75. The summed E-state index contributed by atoms with van der Waals surface area (Å²) >= 11 is 0. The van der Waals surface area contributed by atoms with Crippen molar-refractivity contribution in [2.75, 3.05) is 4.90 Å². The molecule has 11 aromatic rings. The third-order valence-electron chi connectivity index (χ3n) is 15.4. The molecule has 2 aliphatic heterocycles. The number of rotatable bonds is 4. The van der Waals surface area contributed by atoms with Crippen LogP contribution in [0.25, 0.3) is 44.2 Å². The Balaban J connectivity index is 1.04. The predicted octanol–water partition coefficient (Wildman–Crippen LogP) is 16.9. The molecule has 0 saturated carbocycles. The summed E-state index contributed by atoms with van der Waals surface area (Å²) in [4.78, 5) is 2.50. The van der Waals surface area contributed by atoms with E-state index in [9.17, 15) is 0 Å². The number of hydrogen-bond donors (Lipinski definition) is 0. The molecule has 15 rings (SSSR count). The molecule has 2 spiro atoms. The van der Waals surface area contributed by atoms with Crippen LogP contribution in [0.1, 0.15) is 44.5 Å². The molecule has 0 unspecified atom stereocenters. The van der Waals surface area contributed by atoms with Gasteiger partial charge in [-0.2, -0.15) is 0 Å². The van der Waals surface area contributed by atoms with E-state index < -0.39 is 10.8 Å². The number of ether oxygens (including phenoxy) is 2. The molecule has 3 heteroatoms. The first-order chi connectivity index (χ1) is 34.2. The predicted molar refractivity (Wildman–Crippen MR) is 279 cm³/mol. The molecule has 0 amide bonds. The molecular weight excluding hydrogens is 839 g/mol. The monoisotopic (exact) mass is 879 g/mol. The van der Waals surface area contributed by atoms with Gasteiger partial charge in [-0.3, -0.25) is 0 Å². The summed E-state index contributed by atoms with van der Waals surface area (Å²) in [6.07, 6.45) is 0. The number of hydrogen-bond acceptors (Lipinski definition) is 3. The lowest BCUT2D eigenvalue weighted by atomic mass is 9.66. The van der Waals surface area contributed by atoms with E-state index in [0.717, 1.165) is 62.3 Å². The molecule has 69 heavy (non-hydrogen) atoms. The van der Waals surface area contributed by atoms with Crippen LogP contribution in [0.5, 0.6) is 23.0 Å². The molecule has 2 heterocycles. The van der Waals surface area contributed by atoms with Crippen LogP contribution >= 0.6 is 0 Å². The Labute approximate surface area is 400 Å². The van der Waals surface area contributed by atoms with E-state index in [2.05, 4.69) is 254 Å². The van der Waals surface area contributed by atoms with Gasteiger partial charge in [0.15, 0.2) is 0 Å². The van der Waals surface area contributed by atoms with Crippen molar-refractivity contribution in [1.29, 1.82) is 0 Å². The Morgan fingerprint density at radius 2 is 0.754 bits per heavy atom. The quantitative estimate of drug-likeness (QED) is 0.176. The second-order valence-corrected chi connectivity index (χ2v) is 18.6. The van der Waals surface area contributed by atoms with Gasteiger partial charge in [-0.15, -0.1) is 0 Å². The van der Waals surface area contributed by atoms with Crippen molar-refractivity contribution in [3.05, 3.63) is 293 Å². The first-order valence-electron chi connectivity index (χ1n) is 23.8. The zero-order valence-electron chi connectivity index (χ0n) is 37.4. The molecule has 0 N–H and O–H groups in total. The normalized spacial score (nSPS) is 14.3. The highest BCUT2D eigenvalue weighted by Crippen LogP contribution is 2.65. The fourth-order valence-corrected chi connectivity index (χ4v) is 12.7. The third-order valence-corrected chi connectivity index (χ3v) is 15.4. The smallest absolute Gasteiger partial charge is 0.132 e. The highest BCUT2D eigenvalue weighted by atomic mass is 16.5. The van der Waals surface area contributed by atoms with Gasteiger partial charge < -0.3 is 14.4 Å². The lowest BCUT2D eigenvalue weighted by molar-refractivity contribution is 0.436. The van der Waals surface area contributed by atoms with Crippen LogP contribution in [0.3, 0.4) is 0 Å². The van der Waals surface area contributed by atoms with E-state index >= 15 is 0 Å². The van der Waals surface area contributed by atoms with Crippen molar-refractivity contribution in [2.24, 2.45) is 0 Å². The van der Waals surface area contributed by atoms with Crippen LogP contribution < -0.4 is 14.4 Å². The van der Waals surface area contributed by atoms with Crippen LogP contribution in [-0.4, -0.2) is 0 Å². The topological polar surface area (TPSA) is 21.7 Å². The molecule has 322 valence electrons. The molecule has 0 bridgehead atoms. The lowest BCUT2D eigenvalue weighted by Gasteiger charge is -2.40. The van der Waals surface area contributed by atoms with Crippen molar-refractivity contribution < 1.29 is 9.47 Å². The first kappa shape index (κ1) is 38.2. The average molecular weight is 880 g/mol. The third kappa shape index (κ3) is 5.06. The minimum atomic E-state index is -0.620. The average Bonchev–Trinajstić information content (AvgIpc) is 3.87. The lowest BCUT2D eigenvalue weighted by Crippen LogP contribution is -2.32. The van der Waals surface area contributed by atoms with Crippen LogP contribution in [0.15, 0.2) is 249 Å². The van der Waals surface area contributed by atoms with Gasteiger partial charge in [-0.1, -0.05) is 194 Å². The van der Waals surface area contributed by atoms with Gasteiger partial charge in [0.25, 0.3) is 0 Å². The molecule has 0 atom stereocenters. The van der Waals surface area contributed by atoms with Crippen molar-refractivity contribution in [2.45, 2.75) is 10.8 Å². The van der Waals surface area contributed by atoms with E-state index in [1.165, 1.54) is 66.4 Å². The van der Waals surface area contributed by atoms with Crippen LogP contribution in [0.4, 0.5) is 17.1 Å². The van der Waals surface area contributed by atoms with Crippen molar-refractivity contribution in [1.82, 2.24) is 0 Å². The minimum Gasteiger partial charge on any atom is -0.457 e. The van der Waals surface area contributed by atoms with E-state index in [4.69, 9.17) is 9.47 Å². The molecule has 2 aliphatic carbocycles. The van der Waals surface area contributed by atoms with E-state index in [0.29, 0.717) is 0 Å². The summed E-state index contributed by atoms with van der Waals surface area (Å²) in [6.45, 7) is 0. The Morgan fingerprint density at radius 3 is 1.36 bits per heavy atom. The van der Waals surface area contributed by atoms with Crippen molar-refractivity contribution in [3.8, 4) is 56.4 Å². The summed E-state index contributed by atoms with van der Waals surface area (Å²) < 4.78 is 13.5. The van der Waals surface area contributed by atoms with Crippen LogP contribution in [-0.2, 0) is 10.8 Å². The highest BCUT2D eigenvalue weighted by molar-refractivity contribution is 6.12. The maximum Gasteiger partial charge on any atom is 0.132 e. The molecule has 3 nitrogen and oxygen atoms in total. The Bertz CT molecular complexity index is 3830.